The highest BCUT2D eigenvalue weighted by atomic mass is 16.5. The van der Waals surface area contributed by atoms with E-state index in [1.807, 2.05) is 6.33 Å². The Hall–Kier alpha value is -1.40. The van der Waals surface area contributed by atoms with Crippen molar-refractivity contribution in [3.05, 3.63) is 17.7 Å². The van der Waals surface area contributed by atoms with Crippen LogP contribution in [-0.4, -0.2) is 42.3 Å². The summed E-state index contributed by atoms with van der Waals surface area (Å²) in [6.45, 7) is 3.64. The van der Waals surface area contributed by atoms with Gasteiger partial charge in [-0.25, -0.2) is 4.98 Å². The van der Waals surface area contributed by atoms with Gasteiger partial charge in [-0.2, -0.15) is 0 Å². The first kappa shape index (κ1) is 13.0. The van der Waals surface area contributed by atoms with Gasteiger partial charge in [0, 0.05) is 51.8 Å². The first-order chi connectivity index (χ1) is 8.81. The maximum Gasteiger partial charge on any atom is 0.221 e. The van der Waals surface area contributed by atoms with Crippen LogP contribution < -0.4 is 10.6 Å². The van der Waals surface area contributed by atoms with Gasteiger partial charge in [0.1, 0.15) is 0 Å². The molecule has 1 aliphatic rings. The molecule has 2 N–H and O–H groups in total. The van der Waals surface area contributed by atoms with Crippen LogP contribution in [0.4, 0.5) is 0 Å². The molecule has 1 aromatic heterocycles. The third-order valence-electron chi connectivity index (χ3n) is 3.07. The minimum atomic E-state index is 0.0587. The van der Waals surface area contributed by atoms with Crippen molar-refractivity contribution in [2.75, 3.05) is 26.8 Å². The van der Waals surface area contributed by atoms with Crippen LogP contribution in [0.25, 0.3) is 0 Å². The predicted molar refractivity (Wildman–Crippen MR) is 67.1 cm³/mol. The molecular weight excluding hydrogens is 232 g/mol. The number of aryl methyl sites for hydroxylation is 1. The van der Waals surface area contributed by atoms with Crippen molar-refractivity contribution in [3.63, 3.8) is 0 Å². The Morgan fingerprint density at radius 1 is 1.67 bits per heavy atom. The molecule has 6 heteroatoms. The Labute approximate surface area is 107 Å². The summed E-state index contributed by atoms with van der Waals surface area (Å²) in [6, 6.07) is 0. The number of nitrogens with one attached hydrogen (secondary N) is 2. The number of methoxy groups -OCH3 is 1. The second-order valence-electron chi connectivity index (χ2n) is 4.35. The van der Waals surface area contributed by atoms with E-state index in [0.29, 0.717) is 26.1 Å². The van der Waals surface area contributed by atoms with Gasteiger partial charge in [0.25, 0.3) is 0 Å². The Kier molecular flexibility index (Phi) is 4.72. The van der Waals surface area contributed by atoms with Crippen LogP contribution in [0.2, 0.25) is 0 Å². The second kappa shape index (κ2) is 6.51. The van der Waals surface area contributed by atoms with E-state index in [1.54, 1.807) is 7.11 Å². The van der Waals surface area contributed by atoms with E-state index in [1.165, 1.54) is 5.69 Å². The maximum absolute atomic E-state index is 11.6. The van der Waals surface area contributed by atoms with E-state index in [2.05, 4.69) is 20.2 Å². The lowest BCUT2D eigenvalue weighted by molar-refractivity contribution is -0.121. The van der Waals surface area contributed by atoms with Crippen molar-refractivity contribution in [1.82, 2.24) is 20.2 Å². The standard InChI is InChI=1S/C12H20N4O2/c1-18-7-5-14-12(17)3-6-16-9-15-10-8-13-4-2-11(10)16/h9,13H,2-8H2,1H3,(H,14,17). The molecule has 0 saturated carbocycles. The molecule has 2 heterocycles. The molecule has 0 fully saturated rings. The van der Waals surface area contributed by atoms with E-state index in [9.17, 15) is 4.79 Å². The zero-order valence-electron chi connectivity index (χ0n) is 10.7. The predicted octanol–water partition coefficient (Wildman–Crippen LogP) is -0.318. The molecule has 0 radical (unpaired) electrons. The molecule has 6 nitrogen and oxygen atoms in total. The number of amides is 1. The van der Waals surface area contributed by atoms with Crippen molar-refractivity contribution in [3.8, 4) is 0 Å². The number of ether oxygens (including phenoxy) is 1. The summed E-state index contributed by atoms with van der Waals surface area (Å²) >= 11 is 0. The first-order valence-electron chi connectivity index (χ1n) is 6.30. The number of nitrogens with zero attached hydrogens (tertiary/aromatic N) is 2. The Balaban J connectivity index is 1.79. The fraction of sp³-hybridized carbons (Fsp3) is 0.667. The van der Waals surface area contributed by atoms with Crippen LogP contribution in [0.3, 0.4) is 0 Å². The average Bonchev–Trinajstić information content (AvgIpc) is 2.80. The molecule has 0 unspecified atom stereocenters. The Morgan fingerprint density at radius 2 is 2.56 bits per heavy atom. The highest BCUT2D eigenvalue weighted by Crippen LogP contribution is 2.12. The van der Waals surface area contributed by atoms with Crippen molar-refractivity contribution < 1.29 is 9.53 Å². The molecule has 0 saturated heterocycles. The minimum Gasteiger partial charge on any atom is -0.383 e. The quantitative estimate of drug-likeness (QED) is 0.681. The van der Waals surface area contributed by atoms with Gasteiger partial charge in [-0.05, 0) is 0 Å². The van der Waals surface area contributed by atoms with E-state index in [4.69, 9.17) is 4.74 Å². The molecule has 2 rings (SSSR count). The summed E-state index contributed by atoms with van der Waals surface area (Å²) in [6.07, 6.45) is 3.31. The van der Waals surface area contributed by atoms with Gasteiger partial charge in [-0.15, -0.1) is 0 Å². The highest BCUT2D eigenvalue weighted by molar-refractivity contribution is 5.75. The summed E-state index contributed by atoms with van der Waals surface area (Å²) in [7, 11) is 1.62. The fourth-order valence-electron chi connectivity index (χ4n) is 2.09. The zero-order valence-corrected chi connectivity index (χ0v) is 10.7. The summed E-state index contributed by atoms with van der Waals surface area (Å²) in [5, 5.41) is 6.10. The third kappa shape index (κ3) is 3.30. The van der Waals surface area contributed by atoms with Gasteiger partial charge < -0.3 is 19.9 Å². The number of hydrogen-bond acceptors (Lipinski definition) is 4. The molecular formula is C12H20N4O2. The van der Waals surface area contributed by atoms with Crippen molar-refractivity contribution in [1.29, 1.82) is 0 Å². The summed E-state index contributed by atoms with van der Waals surface area (Å²) in [5.41, 5.74) is 2.37. The number of fused-ring (bicyclic) bond motifs is 1. The summed E-state index contributed by atoms with van der Waals surface area (Å²) in [5.74, 6) is 0.0587. The Morgan fingerprint density at radius 3 is 3.39 bits per heavy atom. The van der Waals surface area contributed by atoms with E-state index in [-0.39, 0.29) is 5.91 Å². The molecule has 1 aliphatic heterocycles. The van der Waals surface area contributed by atoms with Crippen molar-refractivity contribution in [2.24, 2.45) is 0 Å². The van der Waals surface area contributed by atoms with Gasteiger partial charge >= 0.3 is 0 Å². The second-order valence-corrected chi connectivity index (χ2v) is 4.35. The fourth-order valence-corrected chi connectivity index (χ4v) is 2.09. The molecule has 0 atom stereocenters. The van der Waals surface area contributed by atoms with Gasteiger partial charge in [-0.3, -0.25) is 4.79 Å². The topological polar surface area (TPSA) is 68.2 Å². The van der Waals surface area contributed by atoms with Gasteiger partial charge in [-0.1, -0.05) is 0 Å². The Bertz CT molecular complexity index is 403. The van der Waals surface area contributed by atoms with Crippen molar-refractivity contribution in [2.45, 2.75) is 25.9 Å². The summed E-state index contributed by atoms with van der Waals surface area (Å²) < 4.78 is 6.97. The molecule has 18 heavy (non-hydrogen) atoms. The lowest BCUT2D eigenvalue weighted by atomic mass is 10.2. The lowest BCUT2D eigenvalue weighted by Crippen LogP contribution is -2.28. The smallest absolute Gasteiger partial charge is 0.221 e. The lowest BCUT2D eigenvalue weighted by Gasteiger charge is -2.15. The molecule has 0 bridgehead atoms. The molecule has 0 aliphatic carbocycles. The molecule has 0 aromatic carbocycles. The van der Waals surface area contributed by atoms with Gasteiger partial charge in [0.2, 0.25) is 5.91 Å². The molecule has 1 amide bonds. The van der Waals surface area contributed by atoms with Crippen LogP contribution in [0.5, 0.6) is 0 Å². The SMILES string of the molecule is COCCNC(=O)CCn1cnc2c1CCNC2. The normalized spacial score (nSPS) is 14.3. The number of imidazole rings is 1. The maximum atomic E-state index is 11.6. The largest absolute Gasteiger partial charge is 0.383 e. The van der Waals surface area contributed by atoms with E-state index < -0.39 is 0 Å². The average molecular weight is 252 g/mol. The third-order valence-corrected chi connectivity index (χ3v) is 3.07. The van der Waals surface area contributed by atoms with E-state index in [0.717, 1.165) is 25.2 Å². The van der Waals surface area contributed by atoms with Crippen LogP contribution >= 0.6 is 0 Å². The number of hydrogen-bond donors (Lipinski definition) is 2. The van der Waals surface area contributed by atoms with Crippen molar-refractivity contribution >= 4 is 5.91 Å². The van der Waals surface area contributed by atoms with Gasteiger partial charge in [0.05, 0.1) is 18.6 Å². The number of aromatic nitrogens is 2. The van der Waals surface area contributed by atoms with Crippen LogP contribution in [0, 0.1) is 0 Å². The number of rotatable bonds is 6. The highest BCUT2D eigenvalue weighted by Gasteiger charge is 2.14. The summed E-state index contributed by atoms with van der Waals surface area (Å²) in [4.78, 5) is 15.9. The van der Waals surface area contributed by atoms with Crippen LogP contribution in [0.1, 0.15) is 17.8 Å². The monoisotopic (exact) mass is 252 g/mol. The number of carbonyl (C=O) groups is 1. The van der Waals surface area contributed by atoms with E-state index >= 15 is 0 Å². The zero-order chi connectivity index (χ0) is 12.8. The van der Waals surface area contributed by atoms with Gasteiger partial charge in [0.15, 0.2) is 0 Å². The first-order valence-corrected chi connectivity index (χ1v) is 6.30. The number of carbonyl (C=O) groups excluding carboxylic acids is 1. The molecule has 1 aromatic rings. The molecule has 0 spiro atoms. The van der Waals surface area contributed by atoms with Crippen LogP contribution in [-0.2, 0) is 29.0 Å². The minimum absolute atomic E-state index is 0.0587. The van der Waals surface area contributed by atoms with Crippen LogP contribution in [0.15, 0.2) is 6.33 Å². The molecule has 100 valence electrons.